The van der Waals surface area contributed by atoms with Crippen LogP contribution in [0.2, 0.25) is 5.02 Å². The topological polar surface area (TPSA) is 60.0 Å². The van der Waals surface area contributed by atoms with Crippen LogP contribution in [0.3, 0.4) is 0 Å². The van der Waals surface area contributed by atoms with Crippen molar-refractivity contribution in [2.24, 2.45) is 12.8 Å². The Morgan fingerprint density at radius 1 is 1.22 bits per heavy atom. The molecular weight excluding hydrogens is 310 g/mol. The number of benzene rings is 1. The monoisotopic (exact) mass is 327 g/mol. The van der Waals surface area contributed by atoms with Gasteiger partial charge in [0, 0.05) is 60.6 Å². The summed E-state index contributed by atoms with van der Waals surface area (Å²) >= 11 is 6.08. The van der Waals surface area contributed by atoms with Crippen molar-refractivity contribution >= 4 is 28.2 Å². The molecule has 6 heteroatoms. The molecule has 1 fully saturated rings. The minimum Gasteiger partial charge on any atom is -0.369 e. The Bertz CT molecular complexity index is 859. The zero-order chi connectivity index (χ0) is 16.0. The van der Waals surface area contributed by atoms with Crippen molar-refractivity contribution in [3.63, 3.8) is 0 Å². The zero-order valence-corrected chi connectivity index (χ0v) is 13.6. The fourth-order valence-corrected chi connectivity index (χ4v) is 3.51. The lowest BCUT2D eigenvalue weighted by Crippen LogP contribution is -2.28. The van der Waals surface area contributed by atoms with Gasteiger partial charge in [0.1, 0.15) is 0 Å². The summed E-state index contributed by atoms with van der Waals surface area (Å²) in [7, 11) is 1.98. The van der Waals surface area contributed by atoms with E-state index >= 15 is 0 Å². The molecule has 1 aliphatic rings. The fourth-order valence-electron chi connectivity index (χ4n) is 3.35. The molecule has 1 aromatic carbocycles. The summed E-state index contributed by atoms with van der Waals surface area (Å²) in [5.74, 6) is 0.242. The van der Waals surface area contributed by atoms with E-state index in [0.717, 1.165) is 35.4 Å². The third-order valence-corrected chi connectivity index (χ3v) is 4.73. The van der Waals surface area contributed by atoms with Crippen LogP contribution >= 0.6 is 11.6 Å². The first-order valence-electron chi connectivity index (χ1n) is 7.64. The van der Waals surface area contributed by atoms with E-state index in [1.54, 1.807) is 0 Å². The van der Waals surface area contributed by atoms with Crippen LogP contribution in [-0.2, 0) is 7.05 Å². The van der Waals surface area contributed by atoms with Gasteiger partial charge in [-0.2, -0.15) is 0 Å². The molecule has 23 heavy (non-hydrogen) atoms. The van der Waals surface area contributed by atoms with E-state index in [0.29, 0.717) is 5.02 Å². The van der Waals surface area contributed by atoms with Crippen LogP contribution in [-0.4, -0.2) is 33.7 Å². The average molecular weight is 328 g/mol. The molecule has 0 saturated carbocycles. The predicted molar refractivity (Wildman–Crippen MR) is 92.9 cm³/mol. The highest BCUT2D eigenvalue weighted by Crippen LogP contribution is 2.33. The number of anilines is 1. The van der Waals surface area contributed by atoms with Crippen molar-refractivity contribution in [1.29, 1.82) is 0 Å². The van der Waals surface area contributed by atoms with Gasteiger partial charge in [0.2, 0.25) is 0 Å². The first-order chi connectivity index (χ1) is 11.1. The summed E-state index contributed by atoms with van der Waals surface area (Å²) < 4.78 is 1.97. The lowest BCUT2D eigenvalue weighted by atomic mass is 10.0. The number of halogens is 1. The molecule has 3 aromatic rings. The van der Waals surface area contributed by atoms with Gasteiger partial charge in [-0.05, 0) is 24.3 Å². The highest BCUT2D eigenvalue weighted by Gasteiger charge is 2.33. The van der Waals surface area contributed by atoms with Gasteiger partial charge in [0.05, 0.1) is 17.5 Å². The average Bonchev–Trinajstić information content (AvgIpc) is 3.12. The highest BCUT2D eigenvalue weighted by atomic mass is 35.5. The molecule has 3 heterocycles. The third kappa shape index (κ3) is 2.56. The molecule has 118 valence electrons. The molecule has 0 bridgehead atoms. The Kier molecular flexibility index (Phi) is 3.47. The van der Waals surface area contributed by atoms with E-state index in [2.05, 4.69) is 21.1 Å². The number of aromatic nitrogens is 3. The lowest BCUT2D eigenvalue weighted by Gasteiger charge is -2.20. The van der Waals surface area contributed by atoms with Gasteiger partial charge in [-0.25, -0.2) is 4.98 Å². The maximum Gasteiger partial charge on any atom is 0.0946 e. The van der Waals surface area contributed by atoms with Crippen LogP contribution in [0.4, 0.5) is 5.69 Å². The van der Waals surface area contributed by atoms with Gasteiger partial charge < -0.3 is 15.2 Å². The Labute approximate surface area is 139 Å². The largest absolute Gasteiger partial charge is 0.369 e. The lowest BCUT2D eigenvalue weighted by molar-refractivity contribution is 0.639. The normalized spacial score (nSPS) is 21.3. The molecule has 5 nitrogen and oxygen atoms in total. The van der Waals surface area contributed by atoms with Crippen LogP contribution in [0, 0.1) is 0 Å². The number of pyridine rings is 1. The summed E-state index contributed by atoms with van der Waals surface area (Å²) in [5, 5.41) is 1.80. The molecular formula is C17H18ClN5. The number of fused-ring (bicyclic) bond motifs is 1. The molecule has 0 unspecified atom stereocenters. The van der Waals surface area contributed by atoms with Crippen LogP contribution in [0.25, 0.3) is 10.9 Å². The SMILES string of the molecule is Cn1cnc([C@@H]2CN(c3ccnc4cc(Cl)ccc34)C[C@H]2N)c1. The summed E-state index contributed by atoms with van der Waals surface area (Å²) in [6.45, 7) is 1.67. The Morgan fingerprint density at radius 3 is 2.87 bits per heavy atom. The maximum absolute atomic E-state index is 6.39. The quantitative estimate of drug-likeness (QED) is 0.786. The van der Waals surface area contributed by atoms with Gasteiger partial charge in [0.15, 0.2) is 0 Å². The Morgan fingerprint density at radius 2 is 2.09 bits per heavy atom. The molecule has 0 amide bonds. The minimum atomic E-state index is 0.0698. The van der Waals surface area contributed by atoms with Crippen LogP contribution in [0.1, 0.15) is 11.6 Å². The van der Waals surface area contributed by atoms with E-state index < -0.39 is 0 Å². The van der Waals surface area contributed by atoms with Crippen LogP contribution in [0.15, 0.2) is 43.0 Å². The molecule has 2 N–H and O–H groups in total. The maximum atomic E-state index is 6.39. The second kappa shape index (κ2) is 5.51. The standard InChI is InChI=1S/C17H18ClN5/c1-22-9-16(21-10-22)13-7-23(8-14(13)19)17-4-5-20-15-6-11(18)2-3-12(15)17/h2-6,9-10,13-14H,7-8,19H2,1H3/t13-,14-/m1/s1. The van der Waals surface area contributed by atoms with E-state index in [-0.39, 0.29) is 12.0 Å². The molecule has 2 atom stereocenters. The first kappa shape index (κ1) is 14.5. The summed E-state index contributed by atoms with van der Waals surface area (Å²) in [5.41, 5.74) is 9.51. The molecule has 2 aromatic heterocycles. The van der Waals surface area contributed by atoms with E-state index in [9.17, 15) is 0 Å². The van der Waals surface area contributed by atoms with Crippen molar-refractivity contribution in [2.75, 3.05) is 18.0 Å². The number of rotatable bonds is 2. The van der Waals surface area contributed by atoms with E-state index in [1.807, 2.05) is 48.4 Å². The van der Waals surface area contributed by atoms with Crippen molar-refractivity contribution in [3.05, 3.63) is 53.7 Å². The number of hydrogen-bond donors (Lipinski definition) is 1. The molecule has 1 saturated heterocycles. The van der Waals surface area contributed by atoms with Crippen LogP contribution < -0.4 is 10.6 Å². The molecule has 0 radical (unpaired) electrons. The second-order valence-electron chi connectivity index (χ2n) is 6.13. The van der Waals surface area contributed by atoms with E-state index in [4.69, 9.17) is 17.3 Å². The fraction of sp³-hybridized carbons (Fsp3) is 0.294. The van der Waals surface area contributed by atoms with Gasteiger partial charge in [-0.3, -0.25) is 4.98 Å². The molecule has 1 aliphatic heterocycles. The van der Waals surface area contributed by atoms with E-state index in [1.165, 1.54) is 0 Å². The van der Waals surface area contributed by atoms with Crippen molar-refractivity contribution in [3.8, 4) is 0 Å². The van der Waals surface area contributed by atoms with Gasteiger partial charge in [-0.15, -0.1) is 0 Å². The number of nitrogens with two attached hydrogens (primary N) is 1. The smallest absolute Gasteiger partial charge is 0.0946 e. The first-order valence-corrected chi connectivity index (χ1v) is 8.02. The molecule has 0 aliphatic carbocycles. The van der Waals surface area contributed by atoms with Crippen molar-refractivity contribution in [2.45, 2.75) is 12.0 Å². The number of imidazole rings is 1. The minimum absolute atomic E-state index is 0.0698. The van der Waals surface area contributed by atoms with Gasteiger partial charge in [-0.1, -0.05) is 11.6 Å². The predicted octanol–water partition coefficient (Wildman–Crippen LogP) is 2.55. The number of nitrogens with zero attached hydrogens (tertiary/aromatic N) is 4. The second-order valence-corrected chi connectivity index (χ2v) is 6.57. The van der Waals surface area contributed by atoms with Crippen molar-refractivity contribution in [1.82, 2.24) is 14.5 Å². The van der Waals surface area contributed by atoms with Gasteiger partial charge >= 0.3 is 0 Å². The summed E-state index contributed by atoms with van der Waals surface area (Å²) in [6.07, 6.45) is 5.71. The number of aryl methyl sites for hydroxylation is 1. The van der Waals surface area contributed by atoms with Crippen LogP contribution in [0.5, 0.6) is 0 Å². The number of hydrogen-bond acceptors (Lipinski definition) is 4. The zero-order valence-electron chi connectivity index (χ0n) is 12.9. The van der Waals surface area contributed by atoms with Gasteiger partial charge in [0.25, 0.3) is 0 Å². The summed E-state index contributed by atoms with van der Waals surface area (Å²) in [4.78, 5) is 11.2. The molecule has 4 rings (SSSR count). The molecule has 0 spiro atoms. The highest BCUT2D eigenvalue weighted by molar-refractivity contribution is 6.31. The summed E-state index contributed by atoms with van der Waals surface area (Å²) in [6, 6.07) is 7.94. The Balaban J connectivity index is 1.69. The third-order valence-electron chi connectivity index (χ3n) is 4.49. The Hall–Kier alpha value is -2.11. The van der Waals surface area contributed by atoms with Crippen molar-refractivity contribution < 1.29 is 0 Å².